The molecule has 4 aromatic rings. The molecule has 12 heteroatoms. The van der Waals surface area contributed by atoms with Crippen LogP contribution in [0.5, 0.6) is 11.5 Å². The number of carbonyl (C=O) groups is 1. The van der Waals surface area contributed by atoms with Gasteiger partial charge in [0.05, 0.1) is 34.1 Å². The Balaban J connectivity index is 1.18. The largest absolute Gasteiger partial charge is 0.490 e. The van der Waals surface area contributed by atoms with Crippen LogP contribution in [0.15, 0.2) is 67.5 Å². The summed E-state index contributed by atoms with van der Waals surface area (Å²) in [5.41, 5.74) is 2.20. The molecule has 2 unspecified atom stereocenters. The van der Waals surface area contributed by atoms with Crippen LogP contribution in [0.4, 0.5) is 21.6 Å². The maximum absolute atomic E-state index is 13.4. The normalized spacial score (nSPS) is 17.9. The van der Waals surface area contributed by atoms with E-state index in [9.17, 15) is 9.18 Å². The second-order valence-corrected chi connectivity index (χ2v) is 10.8. The van der Waals surface area contributed by atoms with Gasteiger partial charge < -0.3 is 24.8 Å². The lowest BCUT2D eigenvalue weighted by atomic mass is 10.1. The molecule has 2 N–H and O–H groups in total. The smallest absolute Gasteiger partial charge is 0.247 e. The molecule has 2 fully saturated rings. The average molecular weight is 605 g/mol. The van der Waals surface area contributed by atoms with Crippen molar-refractivity contribution in [3.05, 3.63) is 84.2 Å². The molecule has 2 bridgehead atoms. The number of hydrogen-bond donors (Lipinski definition) is 2. The quantitative estimate of drug-likeness (QED) is 0.169. The Kier molecular flexibility index (Phi) is 8.64. The number of aromatic nitrogens is 3. The average Bonchev–Trinajstić information content (AvgIpc) is 3.34. The van der Waals surface area contributed by atoms with Gasteiger partial charge in [0.25, 0.3) is 0 Å². The molecule has 2 aromatic carbocycles. The summed E-state index contributed by atoms with van der Waals surface area (Å²) in [5, 5.41) is 7.11. The van der Waals surface area contributed by atoms with Gasteiger partial charge in [-0.25, -0.2) is 15.0 Å². The van der Waals surface area contributed by atoms with Crippen LogP contribution in [0.25, 0.3) is 10.9 Å². The minimum absolute atomic E-state index is 0.0674. The molecule has 2 aromatic heterocycles. The molecule has 0 radical (unpaired) electrons. The Hall–Kier alpha value is -4.32. The molecule has 0 saturated carbocycles. The van der Waals surface area contributed by atoms with E-state index in [4.69, 9.17) is 25.8 Å². The van der Waals surface area contributed by atoms with E-state index in [1.807, 2.05) is 0 Å². The number of amides is 1. The summed E-state index contributed by atoms with van der Waals surface area (Å²) in [6.07, 6.45) is 5.48. The topological polar surface area (TPSA) is 111 Å². The summed E-state index contributed by atoms with van der Waals surface area (Å²) in [6.45, 7) is 6.63. The second kappa shape index (κ2) is 12.9. The predicted molar refractivity (Wildman–Crippen MR) is 161 cm³/mol. The molecule has 4 heterocycles. The Morgan fingerprint density at radius 3 is 2.72 bits per heavy atom. The molecule has 2 aliphatic rings. The molecular weight excluding hydrogens is 575 g/mol. The Morgan fingerprint density at radius 1 is 1.12 bits per heavy atom. The van der Waals surface area contributed by atoms with Crippen LogP contribution in [0, 0.1) is 5.95 Å². The number of likely N-dealkylation sites (tertiary alicyclic amines) is 1. The van der Waals surface area contributed by atoms with Crippen molar-refractivity contribution < 1.29 is 23.4 Å². The summed E-state index contributed by atoms with van der Waals surface area (Å²) >= 11 is 6.48. The van der Waals surface area contributed by atoms with E-state index in [0.717, 1.165) is 32.5 Å². The van der Waals surface area contributed by atoms with Crippen LogP contribution in [0.3, 0.4) is 0 Å². The van der Waals surface area contributed by atoms with Crippen LogP contribution in [-0.2, 0) is 16.1 Å². The summed E-state index contributed by atoms with van der Waals surface area (Å²) in [5.74, 6) is 0.487. The van der Waals surface area contributed by atoms with Gasteiger partial charge in [0.15, 0.2) is 0 Å². The molecule has 10 nitrogen and oxygen atoms in total. The highest BCUT2D eigenvalue weighted by molar-refractivity contribution is 6.32. The molecule has 0 aliphatic carbocycles. The van der Waals surface area contributed by atoms with Crippen molar-refractivity contribution in [2.45, 2.75) is 31.7 Å². The monoisotopic (exact) mass is 604 g/mol. The summed E-state index contributed by atoms with van der Waals surface area (Å²) < 4.78 is 31.2. The highest BCUT2D eigenvalue weighted by Gasteiger charge is 2.33. The molecule has 2 atom stereocenters. The maximum Gasteiger partial charge on any atom is 0.247 e. The van der Waals surface area contributed by atoms with Crippen LogP contribution in [0.2, 0.25) is 5.02 Å². The van der Waals surface area contributed by atoms with E-state index in [-0.39, 0.29) is 12.5 Å². The minimum atomic E-state index is -0.575. The van der Waals surface area contributed by atoms with Gasteiger partial charge in [-0.3, -0.25) is 9.69 Å². The van der Waals surface area contributed by atoms with Crippen LogP contribution in [-0.4, -0.2) is 64.2 Å². The number of nitrogens with one attached hydrogen (secondary N) is 2. The first-order chi connectivity index (χ1) is 20.9. The molecular formula is C31H30ClFN6O4. The zero-order valence-corrected chi connectivity index (χ0v) is 24.0. The number of fused-ring (bicyclic) bond motifs is 3. The number of benzene rings is 2. The number of morpholine rings is 1. The number of halogens is 2. The minimum Gasteiger partial charge on any atom is -0.490 e. The zero-order chi connectivity index (χ0) is 29.8. The van der Waals surface area contributed by atoms with Crippen molar-refractivity contribution in [2.75, 3.05) is 36.9 Å². The van der Waals surface area contributed by atoms with Crippen molar-refractivity contribution >= 4 is 45.6 Å². The summed E-state index contributed by atoms with van der Waals surface area (Å²) in [7, 11) is 0. The van der Waals surface area contributed by atoms with Crippen molar-refractivity contribution in [3.63, 3.8) is 0 Å². The first-order valence-corrected chi connectivity index (χ1v) is 14.3. The van der Waals surface area contributed by atoms with E-state index >= 15 is 0 Å². The maximum atomic E-state index is 13.4. The fourth-order valence-corrected chi connectivity index (χ4v) is 5.50. The van der Waals surface area contributed by atoms with E-state index in [2.05, 4.69) is 37.1 Å². The van der Waals surface area contributed by atoms with Crippen LogP contribution < -0.4 is 20.1 Å². The number of hydrogen-bond acceptors (Lipinski definition) is 9. The molecule has 6 rings (SSSR count). The van der Waals surface area contributed by atoms with E-state index in [0.29, 0.717) is 69.1 Å². The summed E-state index contributed by atoms with van der Waals surface area (Å²) in [4.78, 5) is 27.3. The van der Waals surface area contributed by atoms with Gasteiger partial charge in [-0.15, -0.1) is 0 Å². The third-order valence-electron chi connectivity index (χ3n) is 7.31. The fraction of sp³-hybridized carbons (Fsp3) is 0.290. The van der Waals surface area contributed by atoms with Gasteiger partial charge >= 0.3 is 0 Å². The molecule has 1 amide bonds. The van der Waals surface area contributed by atoms with Gasteiger partial charge in [-0.2, -0.15) is 4.39 Å². The number of carbonyl (C=O) groups excluding carboxylic acids is 1. The van der Waals surface area contributed by atoms with Crippen molar-refractivity contribution in [3.8, 4) is 11.5 Å². The van der Waals surface area contributed by atoms with Crippen molar-refractivity contribution in [1.29, 1.82) is 0 Å². The van der Waals surface area contributed by atoms with Crippen molar-refractivity contribution in [1.82, 2.24) is 19.9 Å². The lowest BCUT2D eigenvalue weighted by Gasteiger charge is -2.31. The SMILES string of the molecule is C=CC(=O)Nc1cc2c(Nc3ccc(OCc4cccc(F)n4)c(Cl)c3)ncnc2cc1OCCN1CC2CCC(C1)O2. The second-order valence-electron chi connectivity index (χ2n) is 10.4. The molecule has 0 spiro atoms. The Labute approximate surface area is 252 Å². The highest BCUT2D eigenvalue weighted by Crippen LogP contribution is 2.35. The summed E-state index contributed by atoms with van der Waals surface area (Å²) in [6, 6.07) is 13.2. The van der Waals surface area contributed by atoms with Gasteiger partial charge in [-0.05, 0) is 55.3 Å². The van der Waals surface area contributed by atoms with Gasteiger partial charge in [-0.1, -0.05) is 24.2 Å². The van der Waals surface area contributed by atoms with Gasteiger partial charge in [0.1, 0.15) is 36.9 Å². The number of anilines is 3. The Morgan fingerprint density at radius 2 is 1.95 bits per heavy atom. The lowest BCUT2D eigenvalue weighted by molar-refractivity contribution is -0.111. The lowest BCUT2D eigenvalue weighted by Crippen LogP contribution is -2.44. The molecule has 2 saturated heterocycles. The van der Waals surface area contributed by atoms with E-state index in [1.165, 1.54) is 18.5 Å². The van der Waals surface area contributed by atoms with Crippen LogP contribution >= 0.6 is 11.6 Å². The standard InChI is InChI=1S/C31H30ClFN6O4/c1-2-30(40)38-26-13-23-25(14-28(26)41-11-10-39-15-21-7-8-22(16-39)43-21)34-18-35-31(23)37-19-6-9-27(24(32)12-19)42-17-20-4-3-5-29(33)36-20/h2-6,9,12-14,18,21-22H,1,7-8,10-11,15-17H2,(H,38,40)(H,34,35,37). The van der Waals surface area contributed by atoms with E-state index in [1.54, 1.807) is 42.5 Å². The molecule has 2 aliphatic heterocycles. The van der Waals surface area contributed by atoms with Gasteiger partial charge in [0.2, 0.25) is 11.9 Å². The third-order valence-corrected chi connectivity index (χ3v) is 7.60. The molecule has 43 heavy (non-hydrogen) atoms. The number of ether oxygens (including phenoxy) is 3. The predicted octanol–water partition coefficient (Wildman–Crippen LogP) is 5.51. The highest BCUT2D eigenvalue weighted by atomic mass is 35.5. The van der Waals surface area contributed by atoms with Gasteiger partial charge in [0, 0.05) is 36.8 Å². The zero-order valence-electron chi connectivity index (χ0n) is 23.3. The molecule has 222 valence electrons. The van der Waals surface area contributed by atoms with E-state index < -0.39 is 5.95 Å². The number of rotatable bonds is 11. The fourth-order valence-electron chi connectivity index (χ4n) is 5.27. The first-order valence-electron chi connectivity index (χ1n) is 14.0. The third kappa shape index (κ3) is 7.02. The first kappa shape index (κ1) is 28.8. The Bertz CT molecular complexity index is 1640. The van der Waals surface area contributed by atoms with Crippen molar-refractivity contribution in [2.24, 2.45) is 0 Å². The number of nitrogens with zero attached hydrogens (tertiary/aromatic N) is 4. The number of pyridine rings is 1. The van der Waals surface area contributed by atoms with Crippen LogP contribution in [0.1, 0.15) is 18.5 Å².